The van der Waals surface area contributed by atoms with Crippen LogP contribution in [0, 0.1) is 11.7 Å². The summed E-state index contributed by atoms with van der Waals surface area (Å²) < 4.78 is 13.7. The Morgan fingerprint density at radius 2 is 1.94 bits per heavy atom. The van der Waals surface area contributed by atoms with Gasteiger partial charge in [0.2, 0.25) is 0 Å². The topological polar surface area (TPSA) is 82.1 Å². The largest absolute Gasteiger partial charge is 0.481 e. The van der Waals surface area contributed by atoms with E-state index in [0.29, 0.717) is 12.8 Å². The summed E-state index contributed by atoms with van der Waals surface area (Å²) in [5.41, 5.74) is 4.76. The number of carbonyl (C=O) groups is 1. The second-order valence-corrected chi connectivity index (χ2v) is 8.98. The van der Waals surface area contributed by atoms with Crippen LogP contribution in [0.5, 0.6) is 0 Å². The maximum atomic E-state index is 13.7. The number of fused-ring (bicyclic) bond motifs is 2. The van der Waals surface area contributed by atoms with E-state index in [2.05, 4.69) is 35.0 Å². The molecule has 0 amide bonds. The van der Waals surface area contributed by atoms with Crippen molar-refractivity contribution in [3.63, 3.8) is 0 Å². The Balaban J connectivity index is 1.76. The molecule has 0 unspecified atom stereocenters. The molecule has 1 aliphatic carbocycles. The maximum Gasteiger partial charge on any atom is 0.306 e. The molecule has 0 radical (unpaired) electrons. The number of carboxylic acid groups (broad SMARTS) is 1. The molecule has 2 N–H and O–H groups in total. The third kappa shape index (κ3) is 3.28. The molecule has 2 aromatic heterocycles. The van der Waals surface area contributed by atoms with E-state index in [0.717, 1.165) is 44.3 Å². The highest BCUT2D eigenvalue weighted by Gasteiger charge is 2.38. The first-order valence-electron chi connectivity index (χ1n) is 10.9. The highest BCUT2D eigenvalue weighted by Crippen LogP contribution is 2.43. The van der Waals surface area contributed by atoms with Gasteiger partial charge >= 0.3 is 5.97 Å². The van der Waals surface area contributed by atoms with Gasteiger partial charge in [-0.25, -0.2) is 9.37 Å². The zero-order valence-electron chi connectivity index (χ0n) is 18.3. The Morgan fingerprint density at radius 3 is 2.59 bits per heavy atom. The maximum absolute atomic E-state index is 13.7. The summed E-state index contributed by atoms with van der Waals surface area (Å²) in [6.45, 7) is 4.26. The van der Waals surface area contributed by atoms with Crippen molar-refractivity contribution < 1.29 is 14.3 Å². The number of H-pyrrole nitrogens is 1. The number of hydrogen-bond donors (Lipinski definition) is 2. The Labute approximate surface area is 185 Å². The lowest BCUT2D eigenvalue weighted by Crippen LogP contribution is -2.46. The van der Waals surface area contributed by atoms with Crippen LogP contribution < -0.4 is 4.90 Å². The summed E-state index contributed by atoms with van der Waals surface area (Å²) in [6, 6.07) is 10.8. The highest BCUT2D eigenvalue weighted by atomic mass is 19.1. The van der Waals surface area contributed by atoms with Gasteiger partial charge in [0.25, 0.3) is 0 Å². The van der Waals surface area contributed by atoms with Crippen molar-refractivity contribution in [3.8, 4) is 11.1 Å². The average molecular weight is 432 g/mol. The molecular formula is C25H25FN4O2. The number of halogens is 1. The molecule has 0 spiro atoms. The zero-order chi connectivity index (χ0) is 22.6. The molecular weight excluding hydrogens is 407 g/mol. The number of pyridine rings is 1. The number of aliphatic carboxylic acids is 1. The van der Waals surface area contributed by atoms with E-state index in [9.17, 15) is 14.3 Å². The number of rotatable bonds is 5. The highest BCUT2D eigenvalue weighted by molar-refractivity contribution is 6.05. The minimum absolute atomic E-state index is 0.121. The summed E-state index contributed by atoms with van der Waals surface area (Å²) in [4.78, 5) is 18.5. The predicted molar refractivity (Wildman–Crippen MR) is 123 cm³/mol. The molecule has 7 heteroatoms. The van der Waals surface area contributed by atoms with Crippen LogP contribution in [0.25, 0.3) is 32.9 Å². The van der Waals surface area contributed by atoms with Crippen molar-refractivity contribution in [3.05, 3.63) is 54.0 Å². The minimum atomic E-state index is -0.737. The molecule has 1 aliphatic rings. The van der Waals surface area contributed by atoms with Gasteiger partial charge in [0.15, 0.2) is 0 Å². The molecule has 0 saturated heterocycles. The third-order valence-corrected chi connectivity index (χ3v) is 6.62. The van der Waals surface area contributed by atoms with E-state index in [1.165, 1.54) is 12.1 Å². The van der Waals surface area contributed by atoms with E-state index < -0.39 is 5.97 Å². The molecule has 2 aromatic carbocycles. The van der Waals surface area contributed by atoms with Gasteiger partial charge in [-0.15, -0.1) is 0 Å². The summed E-state index contributed by atoms with van der Waals surface area (Å²) >= 11 is 0. The van der Waals surface area contributed by atoms with Gasteiger partial charge in [-0.2, -0.15) is 5.10 Å². The van der Waals surface area contributed by atoms with Crippen molar-refractivity contribution in [2.24, 2.45) is 5.92 Å². The van der Waals surface area contributed by atoms with Gasteiger partial charge in [-0.3, -0.25) is 9.89 Å². The molecule has 4 aromatic rings. The molecule has 2 heterocycles. The molecule has 0 aliphatic heterocycles. The first-order chi connectivity index (χ1) is 15.3. The third-order valence-electron chi connectivity index (χ3n) is 6.62. The molecule has 1 saturated carbocycles. The molecule has 0 atom stereocenters. The SMILES string of the molecule is CC(C)c1c(N(C)C2CC(C(=O)O)C2)nc2cc3[nH]ncc3cc2c1-c1ccc(F)cc1. The van der Waals surface area contributed by atoms with Crippen molar-refractivity contribution >= 4 is 33.6 Å². The van der Waals surface area contributed by atoms with Crippen LogP contribution in [0.1, 0.15) is 38.2 Å². The van der Waals surface area contributed by atoms with Crippen LogP contribution >= 0.6 is 0 Å². The summed E-state index contributed by atoms with van der Waals surface area (Å²) in [5, 5.41) is 18.5. The van der Waals surface area contributed by atoms with Crippen molar-refractivity contribution in [1.82, 2.24) is 15.2 Å². The number of nitrogens with one attached hydrogen (secondary N) is 1. The van der Waals surface area contributed by atoms with E-state index in [-0.39, 0.29) is 23.7 Å². The normalized spacial score (nSPS) is 18.3. The summed E-state index contributed by atoms with van der Waals surface area (Å²) in [7, 11) is 1.99. The predicted octanol–water partition coefficient (Wildman–Crippen LogP) is 5.34. The fraction of sp³-hybridized carbons (Fsp3) is 0.320. The molecule has 1 fully saturated rings. The van der Waals surface area contributed by atoms with Crippen LogP contribution in [-0.4, -0.2) is 39.3 Å². The van der Waals surface area contributed by atoms with E-state index in [1.54, 1.807) is 6.20 Å². The smallest absolute Gasteiger partial charge is 0.306 e. The first kappa shape index (κ1) is 20.4. The van der Waals surface area contributed by atoms with Crippen LogP contribution in [0.2, 0.25) is 0 Å². The summed E-state index contributed by atoms with van der Waals surface area (Å²) in [5.74, 6) is -0.313. The van der Waals surface area contributed by atoms with Gasteiger partial charge in [0, 0.05) is 29.4 Å². The van der Waals surface area contributed by atoms with E-state index >= 15 is 0 Å². The lowest BCUT2D eigenvalue weighted by Gasteiger charge is -2.41. The van der Waals surface area contributed by atoms with Crippen molar-refractivity contribution in [1.29, 1.82) is 0 Å². The van der Waals surface area contributed by atoms with Crippen LogP contribution in [-0.2, 0) is 4.79 Å². The quantitative estimate of drug-likeness (QED) is 0.445. The lowest BCUT2D eigenvalue weighted by atomic mass is 9.79. The van der Waals surface area contributed by atoms with Crippen molar-refractivity contribution in [2.45, 2.75) is 38.6 Å². The Kier molecular flexibility index (Phi) is 4.84. The minimum Gasteiger partial charge on any atom is -0.481 e. The van der Waals surface area contributed by atoms with Crippen molar-refractivity contribution in [2.75, 3.05) is 11.9 Å². The Bertz CT molecular complexity index is 1320. The molecule has 164 valence electrons. The number of carboxylic acids is 1. The van der Waals surface area contributed by atoms with E-state index in [4.69, 9.17) is 4.98 Å². The fourth-order valence-corrected chi connectivity index (χ4v) is 4.73. The Hall–Kier alpha value is -3.48. The number of hydrogen-bond acceptors (Lipinski definition) is 4. The monoisotopic (exact) mass is 432 g/mol. The van der Waals surface area contributed by atoms with Crippen LogP contribution in [0.4, 0.5) is 10.2 Å². The van der Waals surface area contributed by atoms with Crippen LogP contribution in [0.3, 0.4) is 0 Å². The number of aromatic amines is 1. The van der Waals surface area contributed by atoms with Gasteiger partial charge in [0.05, 0.1) is 23.1 Å². The second kappa shape index (κ2) is 7.58. The van der Waals surface area contributed by atoms with Gasteiger partial charge in [0.1, 0.15) is 11.6 Å². The number of nitrogens with zero attached hydrogens (tertiary/aromatic N) is 3. The molecule has 5 rings (SSSR count). The lowest BCUT2D eigenvalue weighted by molar-refractivity contribution is -0.145. The molecule has 0 bridgehead atoms. The second-order valence-electron chi connectivity index (χ2n) is 8.98. The first-order valence-corrected chi connectivity index (χ1v) is 10.9. The molecule has 6 nitrogen and oxygen atoms in total. The zero-order valence-corrected chi connectivity index (χ0v) is 18.3. The average Bonchev–Trinajstić information content (AvgIpc) is 3.17. The van der Waals surface area contributed by atoms with Gasteiger partial charge < -0.3 is 10.0 Å². The van der Waals surface area contributed by atoms with Gasteiger partial charge in [-0.1, -0.05) is 26.0 Å². The van der Waals surface area contributed by atoms with Crippen LogP contribution in [0.15, 0.2) is 42.6 Å². The fourth-order valence-electron chi connectivity index (χ4n) is 4.73. The number of benzene rings is 2. The standard InChI is InChI=1S/C25H25FN4O2/c1-13(2)22-23(14-4-6-17(26)7-5-14)19-10-16-12-27-29-20(16)11-21(19)28-24(22)30(3)18-8-15(9-18)25(31)32/h4-7,10-13,15,18H,8-9H2,1-3H3,(H,27,29)(H,31,32). The van der Waals surface area contributed by atoms with Gasteiger partial charge in [-0.05, 0) is 54.2 Å². The Morgan fingerprint density at radius 1 is 1.22 bits per heavy atom. The number of anilines is 1. The summed E-state index contributed by atoms with van der Waals surface area (Å²) in [6.07, 6.45) is 3.00. The number of aromatic nitrogens is 3. The molecule has 32 heavy (non-hydrogen) atoms. The van der Waals surface area contributed by atoms with E-state index in [1.807, 2.05) is 25.2 Å².